The normalized spacial score (nSPS) is 11.8. The highest BCUT2D eigenvalue weighted by Gasteiger charge is 2.28. The summed E-state index contributed by atoms with van der Waals surface area (Å²) in [6.45, 7) is 4.28. The van der Waals surface area contributed by atoms with E-state index in [-0.39, 0.29) is 13.2 Å². The van der Waals surface area contributed by atoms with Crippen molar-refractivity contribution in [1.82, 2.24) is 14.4 Å². The van der Waals surface area contributed by atoms with Gasteiger partial charge in [0.2, 0.25) is 0 Å². The quantitative estimate of drug-likeness (QED) is 0.596. The molecule has 7 heteroatoms. The van der Waals surface area contributed by atoms with Crippen molar-refractivity contribution in [3.63, 3.8) is 0 Å². The number of aliphatic hydroxyl groups is 2. The van der Waals surface area contributed by atoms with Crippen LogP contribution in [-0.2, 0) is 0 Å². The molecule has 4 N–H and O–H groups in total. The van der Waals surface area contributed by atoms with Crippen molar-refractivity contribution in [3.8, 4) is 0 Å². The number of hydrogen-bond donors (Lipinski definition) is 4. The van der Waals surface area contributed by atoms with Gasteiger partial charge in [0.05, 0.1) is 24.9 Å². The van der Waals surface area contributed by atoms with E-state index in [9.17, 15) is 10.2 Å². The molecular formula is C13H21N5O2. The van der Waals surface area contributed by atoms with Gasteiger partial charge >= 0.3 is 0 Å². The predicted molar refractivity (Wildman–Crippen MR) is 78.0 cm³/mol. The van der Waals surface area contributed by atoms with Crippen molar-refractivity contribution in [2.75, 3.05) is 30.4 Å². The van der Waals surface area contributed by atoms with Crippen molar-refractivity contribution in [2.45, 2.75) is 25.8 Å². The van der Waals surface area contributed by atoms with Crippen LogP contribution in [0.4, 0.5) is 11.6 Å². The highest BCUT2D eigenvalue weighted by Crippen LogP contribution is 2.22. The maximum absolute atomic E-state index is 9.54. The predicted octanol–water partition coefficient (Wildman–Crippen LogP) is 0.706. The zero-order valence-electron chi connectivity index (χ0n) is 11.8. The maximum Gasteiger partial charge on any atom is 0.180 e. The van der Waals surface area contributed by atoms with Crippen LogP contribution in [0.2, 0.25) is 0 Å². The highest BCUT2D eigenvalue weighted by molar-refractivity contribution is 5.66. The van der Waals surface area contributed by atoms with Gasteiger partial charge in [-0.05, 0) is 13.3 Å². The molecule has 2 heterocycles. The second-order valence-corrected chi connectivity index (χ2v) is 4.74. The number of fused-ring (bicyclic) bond motifs is 1. The second kappa shape index (κ2) is 6.06. The maximum atomic E-state index is 9.54. The summed E-state index contributed by atoms with van der Waals surface area (Å²) in [6.07, 6.45) is 5.93. The first-order valence-corrected chi connectivity index (χ1v) is 6.75. The molecule has 0 aliphatic rings. The Bertz CT molecular complexity index is 557. The lowest BCUT2D eigenvalue weighted by Crippen LogP contribution is -2.45. The first-order chi connectivity index (χ1) is 9.68. The monoisotopic (exact) mass is 279 g/mol. The molecule has 2 aromatic rings. The Morgan fingerprint density at radius 1 is 1.30 bits per heavy atom. The van der Waals surface area contributed by atoms with Crippen molar-refractivity contribution in [1.29, 1.82) is 0 Å². The van der Waals surface area contributed by atoms with Crippen molar-refractivity contribution in [2.24, 2.45) is 0 Å². The van der Waals surface area contributed by atoms with Gasteiger partial charge < -0.3 is 25.2 Å². The zero-order chi connectivity index (χ0) is 14.6. The molecule has 0 atom stereocenters. The van der Waals surface area contributed by atoms with E-state index in [0.717, 1.165) is 6.54 Å². The van der Waals surface area contributed by atoms with Crippen LogP contribution in [-0.4, -0.2) is 49.9 Å². The van der Waals surface area contributed by atoms with Gasteiger partial charge in [-0.2, -0.15) is 0 Å². The molecule has 0 spiro atoms. The Kier molecular flexibility index (Phi) is 4.41. The Morgan fingerprint density at radius 3 is 2.65 bits per heavy atom. The van der Waals surface area contributed by atoms with E-state index in [0.29, 0.717) is 23.7 Å². The smallest absolute Gasteiger partial charge is 0.180 e. The number of nitrogens with zero attached hydrogens (tertiary/aromatic N) is 3. The molecule has 0 aliphatic heterocycles. The fraction of sp³-hybridized carbons (Fsp3) is 0.538. The first kappa shape index (κ1) is 14.5. The summed E-state index contributed by atoms with van der Waals surface area (Å²) < 4.78 is 1.85. The summed E-state index contributed by atoms with van der Waals surface area (Å²) in [4.78, 5) is 8.72. The van der Waals surface area contributed by atoms with Gasteiger partial charge in [-0.25, -0.2) is 9.97 Å². The number of anilines is 2. The number of nitrogens with one attached hydrogen (secondary N) is 2. The number of rotatable bonds is 7. The molecule has 2 rings (SSSR count). The average molecular weight is 279 g/mol. The minimum Gasteiger partial charge on any atom is -0.394 e. The summed E-state index contributed by atoms with van der Waals surface area (Å²) in [6, 6.07) is 0. The number of hydrogen-bond acceptors (Lipinski definition) is 6. The van der Waals surface area contributed by atoms with E-state index in [4.69, 9.17) is 0 Å². The van der Waals surface area contributed by atoms with Crippen LogP contribution in [0.25, 0.3) is 5.65 Å². The molecule has 7 nitrogen and oxygen atoms in total. The summed E-state index contributed by atoms with van der Waals surface area (Å²) in [5.41, 5.74) is -0.143. The molecule has 20 heavy (non-hydrogen) atoms. The standard InChI is InChI=1S/C13H21N5O2/c1-3-13(8-19,9-20)17-11-12-15-5-6-18(12)7-10(16-11)14-4-2/h5-7,14,19-20H,3-4,8-9H2,1-2H3,(H,16,17). The van der Waals surface area contributed by atoms with Gasteiger partial charge in [0, 0.05) is 18.9 Å². The molecule has 0 amide bonds. The van der Waals surface area contributed by atoms with Gasteiger partial charge in [-0.1, -0.05) is 6.92 Å². The fourth-order valence-corrected chi connectivity index (χ4v) is 1.97. The van der Waals surface area contributed by atoms with Gasteiger partial charge in [0.15, 0.2) is 11.5 Å². The minimum absolute atomic E-state index is 0.181. The SMILES string of the molecule is CCNc1cn2ccnc2c(NC(CC)(CO)CO)n1. The molecule has 0 fully saturated rings. The lowest BCUT2D eigenvalue weighted by Gasteiger charge is -2.30. The van der Waals surface area contributed by atoms with Gasteiger partial charge in [0.1, 0.15) is 5.82 Å². The van der Waals surface area contributed by atoms with Crippen LogP contribution in [0.15, 0.2) is 18.6 Å². The van der Waals surface area contributed by atoms with Gasteiger partial charge in [-0.15, -0.1) is 0 Å². The number of imidazole rings is 1. The summed E-state index contributed by atoms with van der Waals surface area (Å²) in [5, 5.41) is 25.4. The molecular weight excluding hydrogens is 258 g/mol. The van der Waals surface area contributed by atoms with E-state index >= 15 is 0 Å². The third-order valence-electron chi connectivity index (χ3n) is 3.40. The second-order valence-electron chi connectivity index (χ2n) is 4.74. The molecule has 0 aromatic carbocycles. The van der Waals surface area contributed by atoms with Crippen LogP contribution in [0, 0.1) is 0 Å². The topological polar surface area (TPSA) is 94.7 Å². The first-order valence-electron chi connectivity index (χ1n) is 6.75. The molecule has 0 saturated carbocycles. The summed E-state index contributed by atoms with van der Waals surface area (Å²) in [5.74, 6) is 1.25. The van der Waals surface area contributed by atoms with Gasteiger partial charge in [-0.3, -0.25) is 0 Å². The van der Waals surface area contributed by atoms with E-state index in [2.05, 4.69) is 20.6 Å². The number of aromatic nitrogens is 3. The van der Waals surface area contributed by atoms with Crippen molar-refractivity contribution >= 4 is 17.3 Å². The van der Waals surface area contributed by atoms with E-state index < -0.39 is 5.54 Å². The average Bonchev–Trinajstić information content (AvgIpc) is 2.94. The molecule has 0 radical (unpaired) electrons. The molecule has 0 unspecified atom stereocenters. The third-order valence-corrected chi connectivity index (χ3v) is 3.40. The summed E-state index contributed by atoms with van der Waals surface area (Å²) >= 11 is 0. The fourth-order valence-electron chi connectivity index (χ4n) is 1.97. The number of aliphatic hydroxyl groups excluding tert-OH is 2. The van der Waals surface area contributed by atoms with Gasteiger partial charge in [0.25, 0.3) is 0 Å². The van der Waals surface area contributed by atoms with E-state index in [1.54, 1.807) is 6.20 Å². The largest absolute Gasteiger partial charge is 0.394 e. The molecule has 0 aliphatic carbocycles. The van der Waals surface area contributed by atoms with Crippen molar-refractivity contribution < 1.29 is 10.2 Å². The zero-order valence-corrected chi connectivity index (χ0v) is 11.8. The highest BCUT2D eigenvalue weighted by atomic mass is 16.3. The molecule has 0 bridgehead atoms. The Labute approximate surface area is 117 Å². The van der Waals surface area contributed by atoms with E-state index in [1.165, 1.54) is 0 Å². The Balaban J connectivity index is 2.43. The molecule has 2 aromatic heterocycles. The Morgan fingerprint density at radius 2 is 2.05 bits per heavy atom. The lowest BCUT2D eigenvalue weighted by molar-refractivity contribution is 0.132. The lowest BCUT2D eigenvalue weighted by atomic mass is 9.98. The van der Waals surface area contributed by atoms with Crippen molar-refractivity contribution in [3.05, 3.63) is 18.6 Å². The van der Waals surface area contributed by atoms with Crippen LogP contribution in [0.1, 0.15) is 20.3 Å². The van der Waals surface area contributed by atoms with E-state index in [1.807, 2.05) is 30.6 Å². The molecule has 110 valence electrons. The van der Waals surface area contributed by atoms with Crippen LogP contribution in [0.3, 0.4) is 0 Å². The molecule has 0 saturated heterocycles. The van der Waals surface area contributed by atoms with Crippen LogP contribution in [0.5, 0.6) is 0 Å². The van der Waals surface area contributed by atoms with Crippen LogP contribution < -0.4 is 10.6 Å². The van der Waals surface area contributed by atoms with Crippen LogP contribution >= 0.6 is 0 Å². The third kappa shape index (κ3) is 2.68. The minimum atomic E-state index is -0.801. The summed E-state index contributed by atoms with van der Waals surface area (Å²) in [7, 11) is 0. The Hall–Kier alpha value is -1.86.